The molecule has 5 nitrogen and oxygen atoms in total. The van der Waals surface area contributed by atoms with Crippen molar-refractivity contribution >= 4 is 23.4 Å². The van der Waals surface area contributed by atoms with Gasteiger partial charge in [-0.05, 0) is 52.5 Å². The third-order valence-electron chi connectivity index (χ3n) is 3.84. The second kappa shape index (κ2) is 11.0. The Hall–Kier alpha value is -1.79. The average molecular weight is 388 g/mol. The van der Waals surface area contributed by atoms with Gasteiger partial charge in [-0.1, -0.05) is 23.8 Å². The van der Waals surface area contributed by atoms with Gasteiger partial charge in [0, 0.05) is 6.07 Å². The van der Waals surface area contributed by atoms with E-state index in [9.17, 15) is 9.18 Å². The van der Waals surface area contributed by atoms with Crippen LogP contribution in [0, 0.1) is 5.82 Å². The van der Waals surface area contributed by atoms with Gasteiger partial charge in [-0.25, -0.2) is 9.18 Å². The van der Waals surface area contributed by atoms with Crippen LogP contribution in [0.4, 0.5) is 14.9 Å². The van der Waals surface area contributed by atoms with Gasteiger partial charge in [0.25, 0.3) is 0 Å². The zero-order valence-corrected chi connectivity index (χ0v) is 16.2. The van der Waals surface area contributed by atoms with Crippen LogP contribution in [0.5, 0.6) is 5.75 Å². The summed E-state index contributed by atoms with van der Waals surface area (Å²) in [6, 6.07) is 2.53. The minimum absolute atomic E-state index is 0.000784. The summed E-state index contributed by atoms with van der Waals surface area (Å²) in [4.78, 5) is 11.3. The number of amides is 1. The third kappa shape index (κ3) is 7.62. The molecule has 1 amide bonds. The summed E-state index contributed by atoms with van der Waals surface area (Å²) in [6.45, 7) is 8.89. The minimum Gasteiger partial charge on any atom is -0.489 e. The van der Waals surface area contributed by atoms with Crippen LogP contribution in [-0.4, -0.2) is 30.0 Å². The minimum atomic E-state index is -0.708. The van der Waals surface area contributed by atoms with Crippen molar-refractivity contribution in [3.05, 3.63) is 35.1 Å². The van der Waals surface area contributed by atoms with Gasteiger partial charge < -0.3 is 14.6 Å². The van der Waals surface area contributed by atoms with Crippen LogP contribution in [0.1, 0.15) is 46.5 Å². The van der Waals surface area contributed by atoms with Gasteiger partial charge in [0.1, 0.15) is 11.6 Å². The molecule has 0 radical (unpaired) electrons. The molecular formula is C19H27ClFNO4. The van der Waals surface area contributed by atoms with Crippen LogP contribution < -0.4 is 10.1 Å². The lowest BCUT2D eigenvalue weighted by atomic mass is 10.2. The first-order chi connectivity index (χ1) is 12.2. The van der Waals surface area contributed by atoms with Gasteiger partial charge in [0.05, 0.1) is 29.5 Å². The van der Waals surface area contributed by atoms with Crippen LogP contribution in [-0.2, 0) is 4.74 Å². The normalized spacial score (nSPS) is 14.8. The van der Waals surface area contributed by atoms with Gasteiger partial charge in [0.2, 0.25) is 0 Å². The first-order valence-corrected chi connectivity index (χ1v) is 9.05. The predicted octanol–water partition coefficient (Wildman–Crippen LogP) is 5.31. The number of carbonyl (C=O) groups excluding carboxylic acids is 1. The monoisotopic (exact) mass is 387 g/mol. The average Bonchev–Trinajstić information content (AvgIpc) is 3.06. The number of carbonyl (C=O) groups is 1. The Morgan fingerprint density at radius 1 is 1.46 bits per heavy atom. The molecule has 1 unspecified atom stereocenters. The molecule has 0 spiro atoms. The molecule has 0 aliphatic heterocycles. The second-order valence-electron chi connectivity index (χ2n) is 6.15. The summed E-state index contributed by atoms with van der Waals surface area (Å²) in [5, 5.41) is 11.1. The molecule has 1 saturated carbocycles. The SMILES string of the molecule is C=C(C)C(C)O.CCOC(=O)Nc1cc(OC2CCCC2)c(Cl)cc1F. The molecule has 7 heteroatoms. The molecule has 0 bridgehead atoms. The Kier molecular flexibility index (Phi) is 9.44. The number of benzene rings is 1. The Morgan fingerprint density at radius 2 is 2.04 bits per heavy atom. The summed E-state index contributed by atoms with van der Waals surface area (Å²) >= 11 is 5.97. The molecule has 2 N–H and O–H groups in total. The highest BCUT2D eigenvalue weighted by molar-refractivity contribution is 6.32. The van der Waals surface area contributed by atoms with Crippen molar-refractivity contribution in [3.8, 4) is 5.75 Å². The summed E-state index contributed by atoms with van der Waals surface area (Å²) in [5.41, 5.74) is 0.816. The molecule has 1 aliphatic rings. The fraction of sp³-hybridized carbons (Fsp3) is 0.526. The van der Waals surface area contributed by atoms with Crippen molar-refractivity contribution in [2.24, 2.45) is 0 Å². The molecule has 146 valence electrons. The van der Waals surface area contributed by atoms with Crippen LogP contribution in [0.2, 0.25) is 5.02 Å². The van der Waals surface area contributed by atoms with Gasteiger partial charge in [-0.15, -0.1) is 0 Å². The van der Waals surface area contributed by atoms with E-state index in [0.717, 1.165) is 37.3 Å². The number of hydrogen-bond acceptors (Lipinski definition) is 4. The van der Waals surface area contributed by atoms with Gasteiger partial charge in [-0.2, -0.15) is 0 Å². The molecule has 2 rings (SSSR count). The summed E-state index contributed by atoms with van der Waals surface area (Å²) in [6.07, 6.45) is 3.23. The number of anilines is 1. The predicted molar refractivity (Wildman–Crippen MR) is 101 cm³/mol. The number of halogens is 2. The highest BCUT2D eigenvalue weighted by atomic mass is 35.5. The van der Waals surface area contributed by atoms with E-state index in [1.165, 1.54) is 6.07 Å². The van der Waals surface area contributed by atoms with E-state index in [-0.39, 0.29) is 29.5 Å². The number of nitrogens with one attached hydrogen (secondary N) is 1. The quantitative estimate of drug-likeness (QED) is 0.671. The lowest BCUT2D eigenvalue weighted by Gasteiger charge is -2.16. The second-order valence-corrected chi connectivity index (χ2v) is 6.56. The van der Waals surface area contributed by atoms with E-state index in [1.54, 1.807) is 20.8 Å². The van der Waals surface area contributed by atoms with Gasteiger partial charge in [0.15, 0.2) is 0 Å². The maximum Gasteiger partial charge on any atom is 0.411 e. The molecule has 0 saturated heterocycles. The van der Waals surface area contributed by atoms with Gasteiger partial charge >= 0.3 is 6.09 Å². The standard InChI is InChI=1S/C14H17ClFNO3.C5H10O/c1-2-19-14(18)17-12-8-13(10(15)7-11(12)16)20-9-5-3-4-6-9;1-4(2)5(3)6/h7-9H,2-6H2,1H3,(H,17,18);5-6H,1H2,2-3H3. The molecule has 1 atom stereocenters. The fourth-order valence-corrected chi connectivity index (χ4v) is 2.37. The van der Waals surface area contributed by atoms with E-state index in [4.69, 9.17) is 26.2 Å². The molecule has 0 aromatic heterocycles. The van der Waals surface area contributed by atoms with Crippen LogP contribution in [0.3, 0.4) is 0 Å². The number of rotatable bonds is 5. The van der Waals surface area contributed by atoms with Crippen LogP contribution in [0.15, 0.2) is 24.3 Å². The topological polar surface area (TPSA) is 67.8 Å². The Morgan fingerprint density at radius 3 is 2.54 bits per heavy atom. The summed E-state index contributed by atoms with van der Waals surface area (Å²) < 4.78 is 24.2. The molecule has 1 aromatic carbocycles. The molecule has 1 aliphatic carbocycles. The highest BCUT2D eigenvalue weighted by Crippen LogP contribution is 2.33. The first kappa shape index (κ1) is 22.3. The van der Waals surface area contributed by atoms with Crippen molar-refractivity contribution in [1.29, 1.82) is 0 Å². The Balaban J connectivity index is 0.000000487. The molecule has 0 heterocycles. The van der Waals surface area contributed by atoms with E-state index < -0.39 is 11.9 Å². The third-order valence-corrected chi connectivity index (χ3v) is 4.14. The molecule has 1 fully saturated rings. The zero-order chi connectivity index (χ0) is 19.7. The van der Waals surface area contributed by atoms with E-state index in [2.05, 4.69) is 11.9 Å². The van der Waals surface area contributed by atoms with Crippen molar-refractivity contribution in [1.82, 2.24) is 0 Å². The maximum absolute atomic E-state index is 13.7. The molecule has 1 aromatic rings. The lowest BCUT2D eigenvalue weighted by Crippen LogP contribution is -2.15. The summed E-state index contributed by atoms with van der Waals surface area (Å²) in [7, 11) is 0. The molecular weight excluding hydrogens is 361 g/mol. The lowest BCUT2D eigenvalue weighted by molar-refractivity contribution is 0.167. The Bertz CT molecular complexity index is 616. The van der Waals surface area contributed by atoms with Crippen molar-refractivity contribution in [3.63, 3.8) is 0 Å². The maximum atomic E-state index is 13.7. The van der Waals surface area contributed by atoms with Gasteiger partial charge in [-0.3, -0.25) is 5.32 Å². The smallest absolute Gasteiger partial charge is 0.411 e. The van der Waals surface area contributed by atoms with Crippen LogP contribution >= 0.6 is 11.6 Å². The molecule has 26 heavy (non-hydrogen) atoms. The largest absolute Gasteiger partial charge is 0.489 e. The van der Waals surface area contributed by atoms with Crippen molar-refractivity contribution < 1.29 is 23.8 Å². The number of aliphatic hydroxyl groups is 1. The van der Waals surface area contributed by atoms with E-state index in [0.29, 0.717) is 5.75 Å². The first-order valence-electron chi connectivity index (χ1n) is 8.67. The number of aliphatic hydroxyl groups excluding tert-OH is 1. The summed E-state index contributed by atoms with van der Waals surface area (Å²) in [5.74, 6) is -0.242. The van der Waals surface area contributed by atoms with E-state index in [1.807, 2.05) is 0 Å². The fourth-order valence-electron chi connectivity index (χ4n) is 2.18. The van der Waals surface area contributed by atoms with Crippen molar-refractivity contribution in [2.75, 3.05) is 11.9 Å². The van der Waals surface area contributed by atoms with Crippen LogP contribution in [0.25, 0.3) is 0 Å². The van der Waals surface area contributed by atoms with E-state index >= 15 is 0 Å². The highest BCUT2D eigenvalue weighted by Gasteiger charge is 2.19. The zero-order valence-electron chi connectivity index (χ0n) is 15.5. The number of ether oxygens (including phenoxy) is 2. The Labute approximate surface area is 159 Å². The van der Waals surface area contributed by atoms with Crippen molar-refractivity contribution in [2.45, 2.75) is 58.7 Å². The number of hydrogen-bond donors (Lipinski definition) is 2.